The van der Waals surface area contributed by atoms with Crippen LogP contribution in [0.25, 0.3) is 0 Å². The molecule has 1 aromatic heterocycles. The normalized spacial score (nSPS) is 14.8. The van der Waals surface area contributed by atoms with E-state index in [2.05, 4.69) is 27.5 Å². The van der Waals surface area contributed by atoms with E-state index in [0.29, 0.717) is 0 Å². The van der Waals surface area contributed by atoms with E-state index in [0.717, 1.165) is 37.0 Å². The first-order valence-corrected chi connectivity index (χ1v) is 6.46. The van der Waals surface area contributed by atoms with E-state index in [1.165, 1.54) is 11.3 Å². The van der Waals surface area contributed by atoms with Crippen molar-refractivity contribution in [3.63, 3.8) is 0 Å². The molecular weight excluding hydrogens is 208 g/mol. The molecule has 0 unspecified atom stereocenters. The number of hydrogen-bond acceptors (Lipinski definition) is 5. The molecule has 0 aromatic carbocycles. The molecule has 0 bridgehead atoms. The summed E-state index contributed by atoms with van der Waals surface area (Å²) >= 11 is 1.60. The second-order valence-corrected chi connectivity index (χ2v) is 4.21. The van der Waals surface area contributed by atoms with Crippen LogP contribution < -0.4 is 10.6 Å². The monoisotopic (exact) mass is 224 g/mol. The number of thioether (sulfide) groups is 1. The van der Waals surface area contributed by atoms with Crippen LogP contribution in [-0.2, 0) is 13.0 Å². The minimum Gasteiger partial charge on any atom is -0.370 e. The zero-order valence-corrected chi connectivity index (χ0v) is 9.95. The molecule has 0 radical (unpaired) electrons. The lowest BCUT2D eigenvalue weighted by atomic mass is 10.1. The van der Waals surface area contributed by atoms with E-state index >= 15 is 0 Å². The SMILES string of the molecule is CCNc1nc(SC)nc2c1CNCC2. The van der Waals surface area contributed by atoms with Crippen LogP contribution >= 0.6 is 11.8 Å². The van der Waals surface area contributed by atoms with Crippen LogP contribution in [0, 0.1) is 0 Å². The van der Waals surface area contributed by atoms with Crippen molar-refractivity contribution in [2.75, 3.05) is 24.7 Å². The first-order valence-electron chi connectivity index (χ1n) is 5.23. The molecule has 0 spiro atoms. The highest BCUT2D eigenvalue weighted by molar-refractivity contribution is 7.98. The van der Waals surface area contributed by atoms with Crippen molar-refractivity contribution in [1.82, 2.24) is 15.3 Å². The Morgan fingerprint density at radius 2 is 2.33 bits per heavy atom. The Morgan fingerprint density at radius 1 is 1.47 bits per heavy atom. The van der Waals surface area contributed by atoms with Crippen molar-refractivity contribution in [2.45, 2.75) is 25.0 Å². The predicted octanol–water partition coefficient (Wildman–Crippen LogP) is 1.28. The average Bonchev–Trinajstić information content (AvgIpc) is 2.29. The van der Waals surface area contributed by atoms with Gasteiger partial charge in [0, 0.05) is 31.6 Å². The minimum absolute atomic E-state index is 0.867. The van der Waals surface area contributed by atoms with Crippen molar-refractivity contribution < 1.29 is 0 Å². The average molecular weight is 224 g/mol. The van der Waals surface area contributed by atoms with Gasteiger partial charge in [-0.1, -0.05) is 11.8 Å². The molecule has 5 heteroatoms. The van der Waals surface area contributed by atoms with Gasteiger partial charge in [0.1, 0.15) is 5.82 Å². The quantitative estimate of drug-likeness (QED) is 0.598. The third-order valence-corrected chi connectivity index (χ3v) is 2.99. The lowest BCUT2D eigenvalue weighted by Gasteiger charge is -2.19. The fourth-order valence-electron chi connectivity index (χ4n) is 1.73. The summed E-state index contributed by atoms with van der Waals surface area (Å²) in [5.41, 5.74) is 2.44. The Bertz CT molecular complexity index is 354. The van der Waals surface area contributed by atoms with Gasteiger partial charge in [0.05, 0.1) is 5.69 Å². The fraction of sp³-hybridized carbons (Fsp3) is 0.600. The topological polar surface area (TPSA) is 49.8 Å². The predicted molar refractivity (Wildman–Crippen MR) is 63.4 cm³/mol. The summed E-state index contributed by atoms with van der Waals surface area (Å²) in [5, 5.41) is 7.52. The van der Waals surface area contributed by atoms with Gasteiger partial charge < -0.3 is 10.6 Å². The van der Waals surface area contributed by atoms with E-state index in [1.807, 2.05) is 6.26 Å². The van der Waals surface area contributed by atoms with Gasteiger partial charge in [0.25, 0.3) is 0 Å². The van der Waals surface area contributed by atoms with Gasteiger partial charge in [-0.15, -0.1) is 0 Å². The summed E-state index contributed by atoms with van der Waals surface area (Å²) in [7, 11) is 0. The Morgan fingerprint density at radius 3 is 3.07 bits per heavy atom. The smallest absolute Gasteiger partial charge is 0.189 e. The summed E-state index contributed by atoms with van der Waals surface area (Å²) < 4.78 is 0. The molecule has 0 atom stereocenters. The highest BCUT2D eigenvalue weighted by atomic mass is 32.2. The van der Waals surface area contributed by atoms with Crippen molar-refractivity contribution in [3.05, 3.63) is 11.3 Å². The van der Waals surface area contributed by atoms with E-state index in [1.54, 1.807) is 11.8 Å². The standard InChI is InChI=1S/C10H16N4S/c1-3-12-9-7-6-11-5-4-8(7)13-10(14-9)15-2/h11H,3-6H2,1-2H3,(H,12,13,14). The maximum absolute atomic E-state index is 4.55. The summed E-state index contributed by atoms with van der Waals surface area (Å²) in [6.07, 6.45) is 3.02. The van der Waals surface area contributed by atoms with Gasteiger partial charge in [-0.2, -0.15) is 0 Å². The van der Waals surface area contributed by atoms with Gasteiger partial charge in [-0.05, 0) is 13.2 Å². The first-order chi connectivity index (χ1) is 7.35. The molecule has 1 aliphatic heterocycles. The molecule has 0 aliphatic carbocycles. The van der Waals surface area contributed by atoms with Gasteiger partial charge in [0.15, 0.2) is 5.16 Å². The Kier molecular flexibility index (Phi) is 3.43. The van der Waals surface area contributed by atoms with Gasteiger partial charge in [-0.25, -0.2) is 9.97 Å². The highest BCUT2D eigenvalue weighted by Gasteiger charge is 2.16. The Hall–Kier alpha value is -0.810. The number of rotatable bonds is 3. The zero-order chi connectivity index (χ0) is 10.7. The molecule has 2 rings (SSSR count). The number of anilines is 1. The molecule has 0 saturated carbocycles. The van der Waals surface area contributed by atoms with Crippen LogP contribution in [0.1, 0.15) is 18.2 Å². The lowest BCUT2D eigenvalue weighted by molar-refractivity contribution is 0.618. The van der Waals surface area contributed by atoms with Crippen LogP contribution in [0.2, 0.25) is 0 Å². The maximum Gasteiger partial charge on any atom is 0.189 e. The first kappa shape index (κ1) is 10.7. The van der Waals surface area contributed by atoms with Crippen molar-refractivity contribution in [1.29, 1.82) is 0 Å². The molecule has 0 saturated heterocycles. The van der Waals surface area contributed by atoms with Crippen LogP contribution in [0.3, 0.4) is 0 Å². The zero-order valence-electron chi connectivity index (χ0n) is 9.13. The largest absolute Gasteiger partial charge is 0.370 e. The molecule has 15 heavy (non-hydrogen) atoms. The molecule has 0 amide bonds. The maximum atomic E-state index is 4.55. The molecule has 2 heterocycles. The van der Waals surface area contributed by atoms with Crippen LogP contribution in [0.15, 0.2) is 5.16 Å². The molecule has 82 valence electrons. The molecule has 4 nitrogen and oxygen atoms in total. The second-order valence-electron chi connectivity index (χ2n) is 3.44. The molecule has 2 N–H and O–H groups in total. The van der Waals surface area contributed by atoms with E-state index in [-0.39, 0.29) is 0 Å². The summed E-state index contributed by atoms with van der Waals surface area (Å²) in [5.74, 6) is 0.999. The lowest BCUT2D eigenvalue weighted by Crippen LogP contribution is -2.26. The van der Waals surface area contributed by atoms with Gasteiger partial charge in [-0.3, -0.25) is 0 Å². The van der Waals surface area contributed by atoms with E-state index in [4.69, 9.17) is 0 Å². The number of aromatic nitrogens is 2. The van der Waals surface area contributed by atoms with Gasteiger partial charge >= 0.3 is 0 Å². The Balaban J connectivity index is 2.41. The molecule has 1 aliphatic rings. The van der Waals surface area contributed by atoms with Crippen LogP contribution in [0.4, 0.5) is 5.82 Å². The summed E-state index contributed by atoms with van der Waals surface area (Å²) in [6, 6.07) is 0. The van der Waals surface area contributed by atoms with Crippen molar-refractivity contribution >= 4 is 17.6 Å². The van der Waals surface area contributed by atoms with Crippen molar-refractivity contribution in [2.24, 2.45) is 0 Å². The number of fused-ring (bicyclic) bond motifs is 1. The minimum atomic E-state index is 0.867. The van der Waals surface area contributed by atoms with E-state index in [9.17, 15) is 0 Å². The highest BCUT2D eigenvalue weighted by Crippen LogP contribution is 2.22. The molecular formula is C10H16N4S. The van der Waals surface area contributed by atoms with Gasteiger partial charge in [0.2, 0.25) is 0 Å². The molecule has 0 fully saturated rings. The third-order valence-electron chi connectivity index (χ3n) is 2.44. The number of nitrogens with zero attached hydrogens (tertiary/aromatic N) is 2. The Labute approximate surface area is 94.3 Å². The second kappa shape index (κ2) is 4.81. The summed E-state index contributed by atoms with van der Waals surface area (Å²) in [6.45, 7) is 4.89. The summed E-state index contributed by atoms with van der Waals surface area (Å²) in [4.78, 5) is 9.04. The molecule has 1 aromatic rings. The third kappa shape index (κ3) is 2.23. The van der Waals surface area contributed by atoms with Crippen LogP contribution in [0.5, 0.6) is 0 Å². The fourth-order valence-corrected chi connectivity index (χ4v) is 2.11. The van der Waals surface area contributed by atoms with E-state index < -0.39 is 0 Å². The van der Waals surface area contributed by atoms with Crippen LogP contribution in [-0.4, -0.2) is 29.3 Å². The van der Waals surface area contributed by atoms with Crippen molar-refractivity contribution in [3.8, 4) is 0 Å². The number of nitrogens with one attached hydrogen (secondary N) is 2. The number of hydrogen-bond donors (Lipinski definition) is 2.